The maximum Gasteiger partial charge on any atom is 0.0319 e. The van der Waals surface area contributed by atoms with Crippen LogP contribution in [0.2, 0.25) is 0 Å². The van der Waals surface area contributed by atoms with Crippen LogP contribution in [0, 0.1) is 0 Å². The second-order valence-corrected chi connectivity index (χ2v) is 11.7. The highest BCUT2D eigenvalue weighted by atomic mass is 16.2. The molecule has 5 heteroatoms. The number of hydrogen-bond acceptors (Lipinski definition) is 5. The highest BCUT2D eigenvalue weighted by molar-refractivity contribution is 4.53. The van der Waals surface area contributed by atoms with Gasteiger partial charge >= 0.3 is 0 Å². The number of aliphatic hydroxyl groups excluding tert-OH is 5. The summed E-state index contributed by atoms with van der Waals surface area (Å²) in [6.45, 7) is 0. The van der Waals surface area contributed by atoms with E-state index in [1.807, 2.05) is 0 Å². The summed E-state index contributed by atoms with van der Waals surface area (Å²) in [5.74, 6) is 0. The Morgan fingerprint density at radius 3 is 0.163 bits per heavy atom. The van der Waals surface area contributed by atoms with Crippen molar-refractivity contribution in [1.82, 2.24) is 0 Å². The summed E-state index contributed by atoms with van der Waals surface area (Å²) in [4.78, 5) is 0. The normalized spacial score (nSPS) is 19.1. The first-order chi connectivity index (χ1) is 21.5. The van der Waals surface area contributed by atoms with Gasteiger partial charge in [0.1, 0.15) is 0 Å². The van der Waals surface area contributed by atoms with E-state index in [1.54, 1.807) is 0 Å². The third-order valence-electron chi connectivity index (χ3n) is 8.25. The second-order valence-electron chi connectivity index (χ2n) is 11.7. The lowest BCUT2D eigenvalue weighted by molar-refractivity contribution is 0.399. The van der Waals surface area contributed by atoms with Crippen LogP contribution >= 0.6 is 0 Å². The van der Waals surface area contributed by atoms with E-state index in [-0.39, 0.29) is 0 Å². The van der Waals surface area contributed by atoms with Crippen LogP contribution in [0.4, 0.5) is 0 Å². The highest BCUT2D eigenvalue weighted by Gasteiger charge is 1.98. The fraction of sp³-hybridized carbons (Fsp3) is 1.00. The van der Waals surface area contributed by atoms with Gasteiger partial charge in [0, 0.05) is 35.5 Å². The Morgan fingerprint density at radius 1 is 0.116 bits per heavy atom. The number of aliphatic hydroxyl groups is 5. The summed E-state index contributed by atoms with van der Waals surface area (Å²) in [6.07, 6.45) is 49.5. The van der Waals surface area contributed by atoms with Crippen molar-refractivity contribution in [3.8, 4) is 0 Å². The van der Waals surface area contributed by atoms with Crippen LogP contribution in [-0.4, -0.2) is 61.1 Å². The van der Waals surface area contributed by atoms with E-state index >= 15 is 0 Å². The van der Waals surface area contributed by atoms with Crippen molar-refractivity contribution in [2.75, 3.05) is 35.5 Å². The smallest absolute Gasteiger partial charge is 0.0319 e. The predicted molar refractivity (Wildman–Crippen MR) is 193 cm³/mol. The highest BCUT2D eigenvalue weighted by Crippen LogP contribution is 2.17. The van der Waals surface area contributed by atoms with Crippen molar-refractivity contribution in [1.29, 1.82) is 0 Å². The summed E-state index contributed by atoms with van der Waals surface area (Å²) in [6, 6.07) is 0. The molecule has 0 atom stereocenters. The van der Waals surface area contributed by atoms with Gasteiger partial charge in [-0.3, -0.25) is 0 Å². The van der Waals surface area contributed by atoms with Crippen LogP contribution in [-0.2, 0) is 0 Å². The Hall–Kier alpha value is -0.200. The van der Waals surface area contributed by atoms with E-state index in [4.69, 9.17) is 25.5 Å². The molecule has 0 aliphatic heterocycles. The monoisotopic (exact) mass is 623 g/mol. The molecule has 0 aromatic carbocycles. The third kappa shape index (κ3) is 61.5. The molecule has 43 heavy (non-hydrogen) atoms. The van der Waals surface area contributed by atoms with Crippen molar-refractivity contribution in [3.05, 3.63) is 0 Å². The minimum atomic E-state index is 1.00. The largest absolute Gasteiger partial charge is 0.400 e. The third-order valence-corrected chi connectivity index (χ3v) is 8.25. The topological polar surface area (TPSA) is 101 Å². The molecule has 5 N–H and O–H groups in total. The number of hydrogen-bond donors (Lipinski definition) is 5. The zero-order valence-corrected chi connectivity index (χ0v) is 30.6. The molecule has 0 amide bonds. The summed E-state index contributed by atoms with van der Waals surface area (Å²) >= 11 is 0. The van der Waals surface area contributed by atoms with E-state index in [9.17, 15) is 0 Å². The number of rotatable bonds is 0. The molecular weight excluding hydrogens is 536 g/mol. The average molecular weight is 623 g/mol. The van der Waals surface area contributed by atoms with E-state index in [0.29, 0.717) is 0 Å². The first-order valence-corrected chi connectivity index (χ1v) is 18.7. The Morgan fingerprint density at radius 2 is 0.140 bits per heavy atom. The first kappa shape index (κ1) is 52.3. The van der Waals surface area contributed by atoms with Crippen molar-refractivity contribution < 1.29 is 25.5 Å². The molecule has 1 rings (SSSR count). The fourth-order valence-electron chi connectivity index (χ4n) is 5.83. The first-order valence-electron chi connectivity index (χ1n) is 18.7. The molecule has 1 saturated carbocycles. The Labute approximate surface area is 272 Å². The summed E-state index contributed by atoms with van der Waals surface area (Å²) in [5, 5.41) is 35.0. The molecule has 0 aromatic heterocycles. The van der Waals surface area contributed by atoms with E-state index in [2.05, 4.69) is 0 Å². The molecule has 1 fully saturated rings. The van der Waals surface area contributed by atoms with Crippen LogP contribution in [0.5, 0.6) is 0 Å². The molecule has 0 spiro atoms. The average Bonchev–Trinajstić information content (AvgIpc) is 3.08. The summed E-state index contributed by atoms with van der Waals surface area (Å²) in [5.41, 5.74) is 0. The van der Waals surface area contributed by atoms with Crippen molar-refractivity contribution in [2.24, 2.45) is 0 Å². The van der Waals surface area contributed by atoms with Gasteiger partial charge in [0.2, 0.25) is 0 Å². The Balaban J connectivity index is -0.000000433. The molecule has 0 heterocycles. The molecule has 5 nitrogen and oxygen atoms in total. The van der Waals surface area contributed by atoms with Gasteiger partial charge in [0.05, 0.1) is 0 Å². The van der Waals surface area contributed by atoms with Crippen LogP contribution < -0.4 is 0 Å². The maximum atomic E-state index is 7.00. The molecule has 1 aliphatic rings. The van der Waals surface area contributed by atoms with Gasteiger partial charge in [-0.2, -0.15) is 0 Å². The molecule has 0 unspecified atom stereocenters. The Bertz CT molecular complexity index is 189. The van der Waals surface area contributed by atoms with Gasteiger partial charge in [-0.1, -0.05) is 212 Å². The fourth-order valence-corrected chi connectivity index (χ4v) is 5.83. The van der Waals surface area contributed by atoms with Crippen LogP contribution in [0.3, 0.4) is 0 Å². The Kier molecular flexibility index (Phi) is 78.7. The summed E-state index contributed by atoms with van der Waals surface area (Å²) < 4.78 is 0. The molecule has 0 bridgehead atoms. The lowest BCUT2D eigenvalue weighted by Gasteiger charge is -2.04. The second kappa shape index (κ2) is 64.7. The lowest BCUT2D eigenvalue weighted by Crippen LogP contribution is -1.85. The van der Waals surface area contributed by atoms with Crippen LogP contribution in [0.25, 0.3) is 0 Å². The molecule has 0 saturated heterocycles. The van der Waals surface area contributed by atoms with Crippen molar-refractivity contribution in [3.63, 3.8) is 0 Å². The standard InChI is InChI=1S/C33H66.5CH4O/c1-2-4-6-8-10-12-14-16-18-20-22-24-26-28-30-32-33-31-29-27-25-23-21-19-17-15-13-11-9-7-5-3-1;5*1-2/h1-33H2;5*2H,1H3. The van der Waals surface area contributed by atoms with Gasteiger partial charge in [0.25, 0.3) is 0 Å². The SMILES string of the molecule is C1CCCCCCCCCCCCCCCCCCCCCCCCCCCCCCCC1.CO.CO.CO.CO.CO. The predicted octanol–water partition coefficient (Wildman–Crippen LogP) is 10.9. The van der Waals surface area contributed by atoms with Gasteiger partial charge in [0.15, 0.2) is 0 Å². The quantitative estimate of drug-likeness (QED) is 0.185. The zero-order valence-electron chi connectivity index (χ0n) is 30.6. The van der Waals surface area contributed by atoms with Crippen molar-refractivity contribution >= 4 is 0 Å². The van der Waals surface area contributed by atoms with E-state index in [0.717, 1.165) is 35.5 Å². The van der Waals surface area contributed by atoms with Gasteiger partial charge in [-0.25, -0.2) is 0 Å². The van der Waals surface area contributed by atoms with Gasteiger partial charge in [-0.15, -0.1) is 0 Å². The molecule has 268 valence electrons. The molecular formula is C38H86O5. The van der Waals surface area contributed by atoms with Crippen LogP contribution in [0.1, 0.15) is 212 Å². The zero-order chi connectivity index (χ0) is 33.3. The van der Waals surface area contributed by atoms with E-state index < -0.39 is 0 Å². The minimum Gasteiger partial charge on any atom is -0.400 e. The lowest BCUT2D eigenvalue weighted by atomic mass is 10.0. The molecule has 1 aliphatic carbocycles. The minimum absolute atomic E-state index is 1.00. The van der Waals surface area contributed by atoms with Gasteiger partial charge in [-0.05, 0) is 0 Å². The van der Waals surface area contributed by atoms with Crippen LogP contribution in [0.15, 0.2) is 0 Å². The van der Waals surface area contributed by atoms with Gasteiger partial charge < -0.3 is 25.5 Å². The molecule has 0 radical (unpaired) electrons. The molecule has 0 aromatic rings. The maximum absolute atomic E-state index is 7.00. The van der Waals surface area contributed by atoms with E-state index in [1.165, 1.54) is 212 Å². The summed E-state index contributed by atoms with van der Waals surface area (Å²) in [7, 11) is 5.00. The van der Waals surface area contributed by atoms with Crippen molar-refractivity contribution in [2.45, 2.75) is 212 Å².